The lowest BCUT2D eigenvalue weighted by Gasteiger charge is -2.24. The van der Waals surface area contributed by atoms with Gasteiger partial charge in [-0.05, 0) is 18.4 Å². The maximum absolute atomic E-state index is 13.6. The molecule has 1 aliphatic rings. The van der Waals surface area contributed by atoms with Crippen LogP contribution in [0.3, 0.4) is 0 Å². The van der Waals surface area contributed by atoms with Crippen LogP contribution in [0.2, 0.25) is 0 Å². The highest BCUT2D eigenvalue weighted by Crippen LogP contribution is 2.32. The third-order valence-electron chi connectivity index (χ3n) is 2.77. The van der Waals surface area contributed by atoms with Gasteiger partial charge in [-0.1, -0.05) is 30.3 Å². The van der Waals surface area contributed by atoms with Crippen LogP contribution in [0.4, 0.5) is 4.39 Å². The first-order valence-electron chi connectivity index (χ1n) is 5.01. The molecule has 2 atom stereocenters. The van der Waals surface area contributed by atoms with Gasteiger partial charge < -0.3 is 0 Å². The van der Waals surface area contributed by atoms with E-state index in [1.165, 1.54) is 0 Å². The zero-order valence-electron chi connectivity index (χ0n) is 7.95. The molecule has 0 aliphatic heterocycles. The summed E-state index contributed by atoms with van der Waals surface area (Å²) in [7, 11) is 0. The van der Waals surface area contributed by atoms with Crippen molar-refractivity contribution in [1.82, 2.24) is 0 Å². The van der Waals surface area contributed by atoms with E-state index in [-0.39, 0.29) is 5.78 Å². The average molecular weight is 192 g/mol. The van der Waals surface area contributed by atoms with Gasteiger partial charge in [-0.15, -0.1) is 0 Å². The van der Waals surface area contributed by atoms with Gasteiger partial charge >= 0.3 is 0 Å². The Balaban J connectivity index is 2.27. The van der Waals surface area contributed by atoms with Crippen LogP contribution in [0.1, 0.15) is 30.7 Å². The molecule has 0 amide bonds. The van der Waals surface area contributed by atoms with E-state index in [9.17, 15) is 9.18 Å². The van der Waals surface area contributed by atoms with Crippen molar-refractivity contribution in [3.63, 3.8) is 0 Å². The third-order valence-corrected chi connectivity index (χ3v) is 2.77. The van der Waals surface area contributed by atoms with E-state index >= 15 is 0 Å². The van der Waals surface area contributed by atoms with Crippen LogP contribution in [0.15, 0.2) is 30.3 Å². The van der Waals surface area contributed by atoms with Crippen molar-refractivity contribution in [3.05, 3.63) is 35.9 Å². The summed E-state index contributed by atoms with van der Waals surface area (Å²) in [5.41, 5.74) is 0.824. The number of hydrogen-bond donors (Lipinski definition) is 0. The predicted molar refractivity (Wildman–Crippen MR) is 52.9 cm³/mol. The van der Waals surface area contributed by atoms with Gasteiger partial charge in [0.2, 0.25) is 0 Å². The molecule has 0 saturated heterocycles. The molecular weight excluding hydrogens is 179 g/mol. The van der Waals surface area contributed by atoms with E-state index in [4.69, 9.17) is 0 Å². The molecule has 1 aromatic carbocycles. The molecule has 2 heteroatoms. The van der Waals surface area contributed by atoms with E-state index in [1.54, 1.807) is 0 Å². The quantitative estimate of drug-likeness (QED) is 0.668. The monoisotopic (exact) mass is 192 g/mol. The van der Waals surface area contributed by atoms with Crippen molar-refractivity contribution in [2.45, 2.75) is 31.4 Å². The highest BCUT2D eigenvalue weighted by Gasteiger charge is 2.32. The highest BCUT2D eigenvalue weighted by atomic mass is 19.1. The molecule has 0 N–H and O–H groups in total. The number of ketones is 1. The molecule has 1 nitrogen and oxygen atoms in total. The summed E-state index contributed by atoms with van der Waals surface area (Å²) >= 11 is 0. The average Bonchev–Trinajstić information content (AvgIpc) is 2.19. The lowest BCUT2D eigenvalue weighted by Crippen LogP contribution is -2.27. The van der Waals surface area contributed by atoms with Gasteiger partial charge in [0.1, 0.15) is 12.0 Å². The molecule has 0 heterocycles. The fourth-order valence-electron chi connectivity index (χ4n) is 2.05. The minimum absolute atomic E-state index is 0.0509. The van der Waals surface area contributed by atoms with E-state index in [2.05, 4.69) is 0 Å². The van der Waals surface area contributed by atoms with E-state index in [0.29, 0.717) is 19.3 Å². The van der Waals surface area contributed by atoms with Crippen molar-refractivity contribution in [3.8, 4) is 0 Å². The van der Waals surface area contributed by atoms with Crippen LogP contribution >= 0.6 is 0 Å². The summed E-state index contributed by atoms with van der Waals surface area (Å²) < 4.78 is 13.6. The number of carbonyl (C=O) groups excluding carboxylic acids is 1. The minimum Gasteiger partial charge on any atom is -0.299 e. The van der Waals surface area contributed by atoms with E-state index in [0.717, 1.165) is 5.56 Å². The van der Waals surface area contributed by atoms with E-state index in [1.807, 2.05) is 30.3 Å². The second-order valence-corrected chi connectivity index (χ2v) is 3.76. The van der Waals surface area contributed by atoms with Crippen LogP contribution in [-0.4, -0.2) is 12.0 Å². The zero-order chi connectivity index (χ0) is 9.97. The topological polar surface area (TPSA) is 17.1 Å². The van der Waals surface area contributed by atoms with Gasteiger partial charge in [0.15, 0.2) is 0 Å². The fraction of sp³-hybridized carbons (Fsp3) is 0.417. The van der Waals surface area contributed by atoms with Crippen molar-refractivity contribution in [1.29, 1.82) is 0 Å². The number of benzene rings is 1. The molecule has 0 bridgehead atoms. The SMILES string of the molecule is O=C1CCCC(F)C1c1ccccc1. The van der Waals surface area contributed by atoms with Gasteiger partial charge in [0.05, 0.1) is 5.92 Å². The third kappa shape index (κ3) is 1.69. The maximum Gasteiger partial charge on any atom is 0.143 e. The molecule has 74 valence electrons. The standard InChI is InChI=1S/C12H13FO/c13-10-7-4-8-11(14)12(10)9-5-2-1-3-6-9/h1-3,5-6,10,12H,4,7-8H2. The summed E-state index contributed by atoms with van der Waals surface area (Å²) in [6.07, 6.45) is 0.757. The van der Waals surface area contributed by atoms with Crippen LogP contribution in [-0.2, 0) is 4.79 Å². The Morgan fingerprint density at radius 2 is 1.93 bits per heavy atom. The maximum atomic E-state index is 13.6. The van der Waals surface area contributed by atoms with Crippen molar-refractivity contribution in [2.75, 3.05) is 0 Å². The van der Waals surface area contributed by atoms with Crippen LogP contribution in [0.5, 0.6) is 0 Å². The van der Waals surface area contributed by atoms with Crippen molar-refractivity contribution in [2.24, 2.45) is 0 Å². The second kappa shape index (κ2) is 3.91. The van der Waals surface area contributed by atoms with Gasteiger partial charge in [-0.2, -0.15) is 0 Å². The molecular formula is C12H13FO. The van der Waals surface area contributed by atoms with Gasteiger partial charge in [-0.3, -0.25) is 4.79 Å². The number of carbonyl (C=O) groups is 1. The molecule has 0 spiro atoms. The molecule has 1 aliphatic carbocycles. The summed E-state index contributed by atoms with van der Waals surface area (Å²) in [5, 5.41) is 0. The van der Waals surface area contributed by atoms with E-state index < -0.39 is 12.1 Å². The molecule has 1 saturated carbocycles. The lowest BCUT2D eigenvalue weighted by atomic mass is 9.81. The summed E-state index contributed by atoms with van der Waals surface area (Å²) in [5.74, 6) is -0.458. The first-order chi connectivity index (χ1) is 6.79. The van der Waals surface area contributed by atoms with Crippen LogP contribution in [0.25, 0.3) is 0 Å². The van der Waals surface area contributed by atoms with Gasteiger partial charge in [0.25, 0.3) is 0 Å². The number of Topliss-reactive ketones (excluding diaryl/α,β-unsaturated/α-hetero) is 1. The molecule has 14 heavy (non-hydrogen) atoms. The minimum atomic E-state index is -0.987. The summed E-state index contributed by atoms with van der Waals surface area (Å²) in [6, 6.07) is 9.25. The summed E-state index contributed by atoms with van der Waals surface area (Å²) in [4.78, 5) is 11.6. The largest absolute Gasteiger partial charge is 0.299 e. The number of hydrogen-bond acceptors (Lipinski definition) is 1. The zero-order valence-corrected chi connectivity index (χ0v) is 7.95. The van der Waals surface area contributed by atoms with Crippen LogP contribution in [0, 0.1) is 0 Å². The Hall–Kier alpha value is -1.18. The van der Waals surface area contributed by atoms with Gasteiger partial charge in [-0.25, -0.2) is 4.39 Å². The molecule has 0 radical (unpaired) electrons. The number of halogens is 1. The van der Waals surface area contributed by atoms with Crippen LogP contribution < -0.4 is 0 Å². The highest BCUT2D eigenvalue weighted by molar-refractivity contribution is 5.87. The first-order valence-corrected chi connectivity index (χ1v) is 5.01. The smallest absolute Gasteiger partial charge is 0.143 e. The predicted octanol–water partition coefficient (Wildman–Crippen LogP) is 2.86. The number of alkyl halides is 1. The molecule has 0 aromatic heterocycles. The summed E-state index contributed by atoms with van der Waals surface area (Å²) in [6.45, 7) is 0. The Morgan fingerprint density at radius 3 is 2.57 bits per heavy atom. The van der Waals surface area contributed by atoms with Crippen molar-refractivity contribution >= 4 is 5.78 Å². The Labute approximate surface area is 82.9 Å². The first kappa shape index (κ1) is 9.38. The Kier molecular flexibility index (Phi) is 2.62. The second-order valence-electron chi connectivity index (χ2n) is 3.76. The molecule has 1 aromatic rings. The van der Waals surface area contributed by atoms with Gasteiger partial charge in [0, 0.05) is 6.42 Å². The fourth-order valence-corrected chi connectivity index (χ4v) is 2.05. The molecule has 2 unspecified atom stereocenters. The molecule has 1 fully saturated rings. The normalized spacial score (nSPS) is 27.6. The Bertz CT molecular complexity index is 320. The molecule has 2 rings (SSSR count). The number of rotatable bonds is 1. The lowest BCUT2D eigenvalue weighted by molar-refractivity contribution is -0.123. The Morgan fingerprint density at radius 1 is 1.21 bits per heavy atom. The van der Waals surface area contributed by atoms with Crippen molar-refractivity contribution < 1.29 is 9.18 Å².